The maximum Gasteiger partial charge on any atom is 0.244 e. The number of anilines is 2. The zero-order chi connectivity index (χ0) is 13.6. The zero-order valence-corrected chi connectivity index (χ0v) is 11.3. The number of pyridine rings is 1. The molecule has 1 saturated carbocycles. The Balaban J connectivity index is 1.59. The molecule has 0 unspecified atom stereocenters. The van der Waals surface area contributed by atoms with Gasteiger partial charge in [-0.2, -0.15) is 10.1 Å². The average Bonchev–Trinajstić information content (AvgIpc) is 3.00. The van der Waals surface area contributed by atoms with Gasteiger partial charge in [0.1, 0.15) is 0 Å². The summed E-state index contributed by atoms with van der Waals surface area (Å²) in [5, 5.41) is 14.6. The van der Waals surface area contributed by atoms with Crippen LogP contribution in [0.15, 0.2) is 30.6 Å². The standard InChI is InChI=1S/C14H18N6/c1-2-6-11(5-1)18-14-19-13(10-17-20-14)16-9-12-7-3-4-8-15-12/h3-4,7-8,10-11H,1-2,5-6,9H2,(H2,16,18,19,20). The van der Waals surface area contributed by atoms with Crippen molar-refractivity contribution in [2.75, 3.05) is 10.6 Å². The molecule has 0 amide bonds. The van der Waals surface area contributed by atoms with Gasteiger partial charge in [-0.15, -0.1) is 5.10 Å². The van der Waals surface area contributed by atoms with Crippen LogP contribution in [-0.2, 0) is 6.54 Å². The number of hydrogen-bond acceptors (Lipinski definition) is 6. The van der Waals surface area contributed by atoms with E-state index in [1.807, 2.05) is 18.2 Å². The Morgan fingerprint density at radius 1 is 1.20 bits per heavy atom. The van der Waals surface area contributed by atoms with Gasteiger partial charge >= 0.3 is 0 Å². The molecule has 104 valence electrons. The molecule has 1 aliphatic rings. The predicted octanol–water partition coefficient (Wildman–Crippen LogP) is 2.23. The number of nitrogens with one attached hydrogen (secondary N) is 2. The van der Waals surface area contributed by atoms with Gasteiger partial charge in [-0.3, -0.25) is 4.98 Å². The Hall–Kier alpha value is -2.24. The van der Waals surface area contributed by atoms with Crippen LogP contribution in [0.5, 0.6) is 0 Å². The van der Waals surface area contributed by atoms with Crippen molar-refractivity contribution >= 4 is 11.8 Å². The van der Waals surface area contributed by atoms with Crippen molar-refractivity contribution in [1.82, 2.24) is 20.2 Å². The van der Waals surface area contributed by atoms with Gasteiger partial charge in [0.15, 0.2) is 5.82 Å². The van der Waals surface area contributed by atoms with E-state index in [1.54, 1.807) is 12.4 Å². The minimum absolute atomic E-state index is 0.489. The quantitative estimate of drug-likeness (QED) is 0.867. The molecular formula is C14H18N6. The highest BCUT2D eigenvalue weighted by Gasteiger charge is 2.15. The minimum atomic E-state index is 0.489. The molecule has 2 aromatic rings. The highest BCUT2D eigenvalue weighted by molar-refractivity contribution is 5.37. The Morgan fingerprint density at radius 3 is 2.90 bits per heavy atom. The van der Waals surface area contributed by atoms with Gasteiger partial charge in [0.05, 0.1) is 18.4 Å². The third-order valence-corrected chi connectivity index (χ3v) is 3.42. The van der Waals surface area contributed by atoms with Crippen molar-refractivity contribution in [1.29, 1.82) is 0 Å². The second-order valence-electron chi connectivity index (χ2n) is 4.97. The first-order valence-electron chi connectivity index (χ1n) is 7.00. The SMILES string of the molecule is c1ccc(CNc2cnnc(NC3CCCC3)n2)nc1. The van der Waals surface area contributed by atoms with Crippen molar-refractivity contribution in [3.63, 3.8) is 0 Å². The van der Waals surface area contributed by atoms with Gasteiger partial charge in [0.25, 0.3) is 0 Å². The fraction of sp³-hybridized carbons (Fsp3) is 0.429. The smallest absolute Gasteiger partial charge is 0.244 e. The van der Waals surface area contributed by atoms with E-state index in [2.05, 4.69) is 30.8 Å². The maximum atomic E-state index is 4.43. The maximum absolute atomic E-state index is 4.43. The van der Waals surface area contributed by atoms with E-state index in [4.69, 9.17) is 0 Å². The van der Waals surface area contributed by atoms with E-state index in [9.17, 15) is 0 Å². The van der Waals surface area contributed by atoms with Crippen molar-refractivity contribution < 1.29 is 0 Å². The Morgan fingerprint density at radius 2 is 2.10 bits per heavy atom. The van der Waals surface area contributed by atoms with Crippen LogP contribution in [0.4, 0.5) is 11.8 Å². The summed E-state index contributed by atoms with van der Waals surface area (Å²) in [6, 6.07) is 6.33. The fourth-order valence-electron chi connectivity index (χ4n) is 2.39. The molecule has 0 bridgehead atoms. The average molecular weight is 270 g/mol. The molecule has 0 saturated heterocycles. The first-order chi connectivity index (χ1) is 9.90. The molecule has 0 aromatic carbocycles. The van der Waals surface area contributed by atoms with E-state index in [0.29, 0.717) is 24.4 Å². The van der Waals surface area contributed by atoms with E-state index < -0.39 is 0 Å². The molecule has 3 rings (SSSR count). The molecule has 2 heterocycles. The van der Waals surface area contributed by atoms with Crippen LogP contribution in [0.1, 0.15) is 31.4 Å². The van der Waals surface area contributed by atoms with Crippen molar-refractivity contribution in [2.45, 2.75) is 38.3 Å². The lowest BCUT2D eigenvalue weighted by molar-refractivity contribution is 0.737. The summed E-state index contributed by atoms with van der Waals surface area (Å²) in [4.78, 5) is 8.69. The highest BCUT2D eigenvalue weighted by atomic mass is 15.3. The van der Waals surface area contributed by atoms with Crippen LogP contribution < -0.4 is 10.6 Å². The lowest BCUT2D eigenvalue weighted by Crippen LogP contribution is -2.17. The van der Waals surface area contributed by atoms with E-state index >= 15 is 0 Å². The molecule has 2 N–H and O–H groups in total. The predicted molar refractivity (Wildman–Crippen MR) is 77.3 cm³/mol. The summed E-state index contributed by atoms with van der Waals surface area (Å²) in [7, 11) is 0. The van der Waals surface area contributed by atoms with Gasteiger partial charge in [-0.25, -0.2) is 0 Å². The Kier molecular flexibility index (Phi) is 4.01. The summed E-state index contributed by atoms with van der Waals surface area (Å²) < 4.78 is 0. The summed E-state index contributed by atoms with van der Waals surface area (Å²) in [5.41, 5.74) is 0.969. The monoisotopic (exact) mass is 270 g/mol. The van der Waals surface area contributed by atoms with Gasteiger partial charge in [0.2, 0.25) is 5.95 Å². The van der Waals surface area contributed by atoms with Gasteiger partial charge in [-0.05, 0) is 25.0 Å². The molecular weight excluding hydrogens is 252 g/mol. The van der Waals surface area contributed by atoms with E-state index in [-0.39, 0.29) is 0 Å². The van der Waals surface area contributed by atoms with Crippen LogP contribution in [0.25, 0.3) is 0 Å². The normalized spacial score (nSPS) is 15.2. The minimum Gasteiger partial charge on any atom is -0.363 e. The summed E-state index contributed by atoms with van der Waals surface area (Å²) in [6.07, 6.45) is 8.35. The largest absolute Gasteiger partial charge is 0.363 e. The van der Waals surface area contributed by atoms with Crippen LogP contribution in [-0.4, -0.2) is 26.2 Å². The number of nitrogens with zero attached hydrogens (tertiary/aromatic N) is 4. The Bertz CT molecular complexity index is 538. The number of rotatable bonds is 5. The number of hydrogen-bond donors (Lipinski definition) is 2. The van der Waals surface area contributed by atoms with Crippen molar-refractivity contribution in [2.24, 2.45) is 0 Å². The molecule has 6 heteroatoms. The molecule has 1 aliphatic carbocycles. The second-order valence-corrected chi connectivity index (χ2v) is 4.97. The molecule has 2 aromatic heterocycles. The van der Waals surface area contributed by atoms with E-state index in [1.165, 1.54) is 25.7 Å². The molecule has 0 atom stereocenters. The molecule has 0 spiro atoms. The molecule has 0 radical (unpaired) electrons. The topological polar surface area (TPSA) is 75.6 Å². The van der Waals surface area contributed by atoms with Crippen molar-refractivity contribution in [3.8, 4) is 0 Å². The lowest BCUT2D eigenvalue weighted by atomic mass is 10.3. The van der Waals surface area contributed by atoms with Crippen LogP contribution >= 0.6 is 0 Å². The molecule has 6 nitrogen and oxygen atoms in total. The summed E-state index contributed by atoms with van der Waals surface area (Å²) in [6.45, 7) is 0.627. The number of aromatic nitrogens is 4. The first kappa shape index (κ1) is 12.8. The third kappa shape index (κ3) is 3.40. The van der Waals surface area contributed by atoms with E-state index in [0.717, 1.165) is 5.69 Å². The Labute approximate surface area is 118 Å². The molecule has 1 fully saturated rings. The second kappa shape index (κ2) is 6.27. The summed E-state index contributed by atoms with van der Waals surface area (Å²) in [5.74, 6) is 1.31. The lowest BCUT2D eigenvalue weighted by Gasteiger charge is -2.11. The van der Waals surface area contributed by atoms with Gasteiger partial charge in [0, 0.05) is 12.2 Å². The molecule has 0 aliphatic heterocycles. The van der Waals surface area contributed by atoms with Gasteiger partial charge in [-0.1, -0.05) is 18.9 Å². The first-order valence-corrected chi connectivity index (χ1v) is 7.00. The fourth-order valence-corrected chi connectivity index (χ4v) is 2.39. The molecule has 20 heavy (non-hydrogen) atoms. The highest BCUT2D eigenvalue weighted by Crippen LogP contribution is 2.20. The van der Waals surface area contributed by atoms with Crippen LogP contribution in [0.3, 0.4) is 0 Å². The van der Waals surface area contributed by atoms with Crippen molar-refractivity contribution in [3.05, 3.63) is 36.3 Å². The third-order valence-electron chi connectivity index (χ3n) is 3.42. The zero-order valence-electron chi connectivity index (χ0n) is 11.3. The van der Waals surface area contributed by atoms with Crippen LogP contribution in [0, 0.1) is 0 Å². The summed E-state index contributed by atoms with van der Waals surface area (Å²) >= 11 is 0. The van der Waals surface area contributed by atoms with Crippen LogP contribution in [0.2, 0.25) is 0 Å². The van der Waals surface area contributed by atoms with Gasteiger partial charge < -0.3 is 10.6 Å².